The zero-order chi connectivity index (χ0) is 12.1. The van der Waals surface area contributed by atoms with Crippen molar-refractivity contribution in [3.63, 3.8) is 0 Å². The van der Waals surface area contributed by atoms with Gasteiger partial charge in [0.25, 0.3) is 0 Å². The standard InChI is InChI=1S/C14H26O3/c1-2-16-11-13(15)12-6-9-17-14(10-12)7-4-3-5-8-14/h12-13,15H,2-11H2,1H3. The first kappa shape index (κ1) is 13.3. The van der Waals surface area contributed by atoms with Crippen molar-refractivity contribution in [3.05, 3.63) is 0 Å². The third-order valence-corrected chi connectivity index (χ3v) is 4.33. The molecule has 2 fully saturated rings. The molecular formula is C14H26O3. The number of hydrogen-bond donors (Lipinski definition) is 1. The average molecular weight is 242 g/mol. The Morgan fingerprint density at radius 2 is 2.12 bits per heavy atom. The third-order valence-electron chi connectivity index (χ3n) is 4.33. The Hall–Kier alpha value is -0.120. The van der Waals surface area contributed by atoms with Crippen LogP contribution in [0.1, 0.15) is 51.9 Å². The molecule has 0 radical (unpaired) electrons. The van der Waals surface area contributed by atoms with Gasteiger partial charge in [0, 0.05) is 13.2 Å². The summed E-state index contributed by atoms with van der Waals surface area (Å²) in [6, 6.07) is 0. The van der Waals surface area contributed by atoms with Gasteiger partial charge in [-0.2, -0.15) is 0 Å². The van der Waals surface area contributed by atoms with Gasteiger partial charge in [-0.3, -0.25) is 0 Å². The summed E-state index contributed by atoms with van der Waals surface area (Å²) in [5.41, 5.74) is 0.0916. The van der Waals surface area contributed by atoms with Crippen LogP contribution in [0.15, 0.2) is 0 Å². The van der Waals surface area contributed by atoms with Crippen molar-refractivity contribution in [3.8, 4) is 0 Å². The lowest BCUT2D eigenvalue weighted by Crippen LogP contribution is -2.45. The molecule has 1 spiro atoms. The predicted octanol–water partition coefficient (Wildman–Crippen LogP) is 2.51. The third kappa shape index (κ3) is 3.43. The lowest BCUT2D eigenvalue weighted by Gasteiger charge is -2.44. The van der Waals surface area contributed by atoms with Gasteiger partial charge in [-0.1, -0.05) is 19.3 Å². The van der Waals surface area contributed by atoms with Crippen LogP contribution in [-0.2, 0) is 9.47 Å². The van der Waals surface area contributed by atoms with E-state index in [0.717, 1.165) is 19.4 Å². The lowest BCUT2D eigenvalue weighted by molar-refractivity contribution is -0.139. The maximum atomic E-state index is 10.1. The SMILES string of the molecule is CCOCC(O)C1CCOC2(CCCCC2)C1. The van der Waals surface area contributed by atoms with E-state index in [1.54, 1.807) is 0 Å². The van der Waals surface area contributed by atoms with E-state index in [4.69, 9.17) is 9.47 Å². The molecule has 0 aromatic rings. The van der Waals surface area contributed by atoms with Gasteiger partial charge in [0.15, 0.2) is 0 Å². The molecule has 0 amide bonds. The van der Waals surface area contributed by atoms with Crippen LogP contribution < -0.4 is 0 Å². The van der Waals surface area contributed by atoms with Crippen LogP contribution in [0.2, 0.25) is 0 Å². The van der Waals surface area contributed by atoms with Crippen LogP contribution in [0.4, 0.5) is 0 Å². The molecule has 1 aliphatic heterocycles. The van der Waals surface area contributed by atoms with Crippen molar-refractivity contribution in [2.75, 3.05) is 19.8 Å². The Morgan fingerprint density at radius 3 is 2.82 bits per heavy atom. The van der Waals surface area contributed by atoms with Crippen molar-refractivity contribution in [1.82, 2.24) is 0 Å². The van der Waals surface area contributed by atoms with Gasteiger partial charge in [-0.15, -0.1) is 0 Å². The van der Waals surface area contributed by atoms with Crippen molar-refractivity contribution in [1.29, 1.82) is 0 Å². The highest BCUT2D eigenvalue weighted by molar-refractivity contribution is 4.91. The van der Waals surface area contributed by atoms with Crippen molar-refractivity contribution >= 4 is 0 Å². The molecule has 100 valence electrons. The highest BCUT2D eigenvalue weighted by atomic mass is 16.5. The number of aliphatic hydroxyl groups is 1. The van der Waals surface area contributed by atoms with Gasteiger partial charge in [-0.25, -0.2) is 0 Å². The number of hydrogen-bond acceptors (Lipinski definition) is 3. The molecule has 1 N–H and O–H groups in total. The zero-order valence-electron chi connectivity index (χ0n) is 11.0. The predicted molar refractivity (Wildman–Crippen MR) is 67.0 cm³/mol. The molecule has 17 heavy (non-hydrogen) atoms. The molecule has 2 rings (SSSR count). The van der Waals surface area contributed by atoms with E-state index in [9.17, 15) is 5.11 Å². The minimum absolute atomic E-state index is 0.0916. The Bertz CT molecular complexity index is 218. The van der Waals surface area contributed by atoms with Crippen LogP contribution in [0.3, 0.4) is 0 Å². The van der Waals surface area contributed by atoms with E-state index in [1.165, 1.54) is 32.1 Å². The molecule has 1 saturated heterocycles. The Kier molecular flexibility index (Phi) is 4.83. The maximum Gasteiger partial charge on any atom is 0.0803 e. The van der Waals surface area contributed by atoms with Crippen LogP contribution in [0.25, 0.3) is 0 Å². The molecule has 1 heterocycles. The molecule has 0 aromatic carbocycles. The van der Waals surface area contributed by atoms with Gasteiger partial charge in [0.2, 0.25) is 0 Å². The van der Waals surface area contributed by atoms with E-state index in [-0.39, 0.29) is 11.7 Å². The van der Waals surface area contributed by atoms with E-state index in [2.05, 4.69) is 0 Å². The first-order valence-corrected chi connectivity index (χ1v) is 7.15. The summed E-state index contributed by atoms with van der Waals surface area (Å²) in [4.78, 5) is 0. The molecule has 2 aliphatic rings. The molecule has 2 unspecified atom stereocenters. The van der Waals surface area contributed by atoms with Gasteiger partial charge in [0.1, 0.15) is 0 Å². The molecule has 2 atom stereocenters. The summed E-state index contributed by atoms with van der Waals surface area (Å²) in [5, 5.41) is 10.1. The van der Waals surface area contributed by atoms with Gasteiger partial charge in [-0.05, 0) is 38.5 Å². The Labute approximate surface area is 104 Å². The fourth-order valence-corrected chi connectivity index (χ4v) is 3.31. The number of ether oxygens (including phenoxy) is 2. The summed E-state index contributed by atoms with van der Waals surface area (Å²) < 4.78 is 11.4. The fourth-order valence-electron chi connectivity index (χ4n) is 3.31. The van der Waals surface area contributed by atoms with Gasteiger partial charge in [0.05, 0.1) is 18.3 Å². The van der Waals surface area contributed by atoms with E-state index in [0.29, 0.717) is 19.1 Å². The maximum absolute atomic E-state index is 10.1. The minimum Gasteiger partial charge on any atom is -0.390 e. The molecule has 1 aliphatic carbocycles. The molecule has 1 saturated carbocycles. The molecule has 3 nitrogen and oxygen atoms in total. The molecule has 0 bridgehead atoms. The van der Waals surface area contributed by atoms with Crippen LogP contribution >= 0.6 is 0 Å². The lowest BCUT2D eigenvalue weighted by atomic mass is 9.75. The monoisotopic (exact) mass is 242 g/mol. The van der Waals surface area contributed by atoms with Crippen molar-refractivity contribution in [2.45, 2.75) is 63.6 Å². The fraction of sp³-hybridized carbons (Fsp3) is 1.00. The summed E-state index contributed by atoms with van der Waals surface area (Å²) in [6.07, 6.45) is 7.99. The van der Waals surface area contributed by atoms with Crippen molar-refractivity contribution < 1.29 is 14.6 Å². The van der Waals surface area contributed by atoms with E-state index >= 15 is 0 Å². The van der Waals surface area contributed by atoms with Crippen LogP contribution in [0.5, 0.6) is 0 Å². The highest BCUT2D eigenvalue weighted by Gasteiger charge is 2.40. The second-order valence-corrected chi connectivity index (χ2v) is 5.57. The summed E-state index contributed by atoms with van der Waals surface area (Å²) in [7, 11) is 0. The quantitative estimate of drug-likeness (QED) is 0.823. The van der Waals surface area contributed by atoms with Crippen LogP contribution in [-0.4, -0.2) is 36.6 Å². The highest BCUT2D eigenvalue weighted by Crippen LogP contribution is 2.41. The topological polar surface area (TPSA) is 38.7 Å². The van der Waals surface area contributed by atoms with E-state index in [1.807, 2.05) is 6.92 Å². The Balaban J connectivity index is 1.87. The van der Waals surface area contributed by atoms with Crippen LogP contribution in [0, 0.1) is 5.92 Å². The average Bonchev–Trinajstić information content (AvgIpc) is 2.37. The Morgan fingerprint density at radius 1 is 1.35 bits per heavy atom. The summed E-state index contributed by atoms with van der Waals surface area (Å²) in [6.45, 7) is 3.95. The zero-order valence-corrected chi connectivity index (χ0v) is 11.0. The second-order valence-electron chi connectivity index (χ2n) is 5.57. The minimum atomic E-state index is -0.308. The number of aliphatic hydroxyl groups excluding tert-OH is 1. The van der Waals surface area contributed by atoms with Gasteiger partial charge >= 0.3 is 0 Å². The number of rotatable bonds is 4. The summed E-state index contributed by atoms with van der Waals surface area (Å²) >= 11 is 0. The first-order chi connectivity index (χ1) is 8.26. The largest absolute Gasteiger partial charge is 0.390 e. The molecule has 0 aromatic heterocycles. The second kappa shape index (κ2) is 6.17. The van der Waals surface area contributed by atoms with Gasteiger partial charge < -0.3 is 14.6 Å². The molecule has 3 heteroatoms. The summed E-state index contributed by atoms with van der Waals surface area (Å²) in [5.74, 6) is 0.369. The van der Waals surface area contributed by atoms with Crippen molar-refractivity contribution in [2.24, 2.45) is 5.92 Å². The molecular weight excluding hydrogens is 216 g/mol. The normalized spacial score (nSPS) is 30.4. The van der Waals surface area contributed by atoms with E-state index < -0.39 is 0 Å². The smallest absolute Gasteiger partial charge is 0.0803 e. The first-order valence-electron chi connectivity index (χ1n) is 7.15.